The first-order valence-corrected chi connectivity index (χ1v) is 5.66. The molecule has 1 aromatic carbocycles. The van der Waals surface area contributed by atoms with Crippen molar-refractivity contribution in [1.29, 1.82) is 5.26 Å². The van der Waals surface area contributed by atoms with Gasteiger partial charge in [0.25, 0.3) is 11.8 Å². The summed E-state index contributed by atoms with van der Waals surface area (Å²) in [5.41, 5.74) is 1.21. The number of hydrogen-bond donors (Lipinski definition) is 0. The van der Waals surface area contributed by atoms with Gasteiger partial charge in [-0.2, -0.15) is 5.26 Å². The molecule has 0 saturated carbocycles. The molecular formula is C14H12N2O3. The largest absolute Gasteiger partial charge is 0.495 e. The summed E-state index contributed by atoms with van der Waals surface area (Å²) in [5, 5.41) is 9.13. The molecule has 19 heavy (non-hydrogen) atoms. The lowest BCUT2D eigenvalue weighted by molar-refractivity contribution is -0.120. The van der Waals surface area contributed by atoms with Crippen LogP contribution in [0.1, 0.15) is 19.4 Å². The van der Waals surface area contributed by atoms with Crippen LogP contribution in [-0.4, -0.2) is 18.9 Å². The Kier molecular flexibility index (Phi) is 3.09. The number of nitrogens with zero attached hydrogens (tertiary/aromatic N) is 2. The number of hydrogen-bond acceptors (Lipinski definition) is 4. The third-order valence-electron chi connectivity index (χ3n) is 3.17. The van der Waals surface area contributed by atoms with Crippen molar-refractivity contribution in [2.24, 2.45) is 0 Å². The minimum atomic E-state index is -0.413. The second-order valence-corrected chi connectivity index (χ2v) is 4.16. The van der Waals surface area contributed by atoms with E-state index in [1.54, 1.807) is 32.0 Å². The predicted octanol–water partition coefficient (Wildman–Crippen LogP) is 1.78. The number of rotatable bonds is 2. The molecular weight excluding hydrogens is 244 g/mol. The van der Waals surface area contributed by atoms with Gasteiger partial charge in [-0.25, -0.2) is 4.90 Å². The van der Waals surface area contributed by atoms with Crippen molar-refractivity contribution in [3.8, 4) is 11.8 Å². The van der Waals surface area contributed by atoms with Crippen LogP contribution in [0.4, 0.5) is 5.69 Å². The summed E-state index contributed by atoms with van der Waals surface area (Å²) in [5.74, 6) is -0.504. The molecule has 0 saturated heterocycles. The standard InChI is InChI=1S/C14H12N2O3/c1-8-9(2)14(18)16(13(8)17)12-10(7-15)5-4-6-11(12)19-3/h4-6H,1-3H3. The SMILES string of the molecule is COc1cccc(C#N)c1N1C(=O)C(C)=C(C)C1=O. The number of benzene rings is 1. The van der Waals surface area contributed by atoms with Gasteiger partial charge in [0.2, 0.25) is 0 Å². The van der Waals surface area contributed by atoms with E-state index in [1.807, 2.05) is 6.07 Å². The molecule has 2 rings (SSSR count). The zero-order valence-electron chi connectivity index (χ0n) is 10.9. The summed E-state index contributed by atoms with van der Waals surface area (Å²) in [6.45, 7) is 3.19. The molecule has 0 aromatic heterocycles. The van der Waals surface area contributed by atoms with Gasteiger partial charge in [-0.3, -0.25) is 9.59 Å². The number of ether oxygens (including phenoxy) is 1. The number of methoxy groups -OCH3 is 1. The molecule has 5 nitrogen and oxygen atoms in total. The average molecular weight is 256 g/mol. The molecule has 1 heterocycles. The van der Waals surface area contributed by atoms with Crippen LogP contribution < -0.4 is 9.64 Å². The Bertz CT molecular complexity index is 629. The van der Waals surface area contributed by atoms with Crippen LogP contribution in [0.5, 0.6) is 5.75 Å². The van der Waals surface area contributed by atoms with Crippen molar-refractivity contribution >= 4 is 17.5 Å². The summed E-state index contributed by atoms with van der Waals surface area (Å²) in [4.78, 5) is 25.3. The van der Waals surface area contributed by atoms with Gasteiger partial charge in [0, 0.05) is 11.1 Å². The second-order valence-electron chi connectivity index (χ2n) is 4.16. The molecule has 0 radical (unpaired) electrons. The lowest BCUT2D eigenvalue weighted by atomic mass is 10.1. The van der Waals surface area contributed by atoms with E-state index in [-0.39, 0.29) is 11.3 Å². The molecule has 1 aromatic rings. The minimum absolute atomic E-state index is 0.207. The average Bonchev–Trinajstić information content (AvgIpc) is 2.62. The molecule has 0 fully saturated rings. The van der Waals surface area contributed by atoms with E-state index in [4.69, 9.17) is 10.00 Å². The van der Waals surface area contributed by atoms with Crippen LogP contribution in [-0.2, 0) is 9.59 Å². The van der Waals surface area contributed by atoms with Crippen LogP contribution in [0.2, 0.25) is 0 Å². The topological polar surface area (TPSA) is 70.4 Å². The molecule has 1 aliphatic rings. The maximum absolute atomic E-state index is 12.1. The zero-order valence-corrected chi connectivity index (χ0v) is 10.9. The Labute approximate surface area is 110 Å². The molecule has 0 N–H and O–H groups in total. The van der Waals surface area contributed by atoms with Gasteiger partial charge in [0.15, 0.2) is 0 Å². The fourth-order valence-electron chi connectivity index (χ4n) is 1.96. The quantitative estimate of drug-likeness (QED) is 0.756. The summed E-state index contributed by atoms with van der Waals surface area (Å²) in [7, 11) is 1.43. The number of carbonyl (C=O) groups excluding carboxylic acids is 2. The first kappa shape index (κ1) is 12.8. The van der Waals surface area contributed by atoms with Gasteiger partial charge in [-0.1, -0.05) is 6.07 Å². The van der Waals surface area contributed by atoms with Gasteiger partial charge in [-0.15, -0.1) is 0 Å². The smallest absolute Gasteiger partial charge is 0.261 e. The lowest BCUT2D eigenvalue weighted by Crippen LogP contribution is -2.32. The van der Waals surface area contributed by atoms with Crippen LogP contribution in [0, 0.1) is 11.3 Å². The summed E-state index contributed by atoms with van der Waals surface area (Å²) < 4.78 is 5.15. The Hall–Kier alpha value is -2.61. The molecule has 2 amide bonds. The summed E-state index contributed by atoms with van der Waals surface area (Å²) in [6, 6.07) is 6.77. The Morgan fingerprint density at radius 2 is 1.74 bits per heavy atom. The molecule has 0 spiro atoms. The van der Waals surface area contributed by atoms with E-state index in [1.165, 1.54) is 7.11 Å². The van der Waals surface area contributed by atoms with Gasteiger partial charge in [0.05, 0.1) is 12.7 Å². The maximum atomic E-state index is 12.1. The first-order valence-electron chi connectivity index (χ1n) is 5.66. The number of imide groups is 1. The number of carbonyl (C=O) groups is 2. The number of para-hydroxylation sites is 1. The molecule has 0 atom stereocenters. The van der Waals surface area contributed by atoms with E-state index in [9.17, 15) is 9.59 Å². The highest BCUT2D eigenvalue weighted by Crippen LogP contribution is 2.36. The van der Waals surface area contributed by atoms with Crippen molar-refractivity contribution in [3.05, 3.63) is 34.9 Å². The minimum Gasteiger partial charge on any atom is -0.495 e. The van der Waals surface area contributed by atoms with Gasteiger partial charge < -0.3 is 4.74 Å². The fourth-order valence-corrected chi connectivity index (χ4v) is 1.96. The molecule has 0 bridgehead atoms. The molecule has 0 unspecified atom stereocenters. The molecule has 5 heteroatoms. The van der Waals surface area contributed by atoms with E-state index < -0.39 is 11.8 Å². The highest BCUT2D eigenvalue weighted by atomic mass is 16.5. The molecule has 0 aliphatic carbocycles. The van der Waals surface area contributed by atoms with Crippen LogP contribution >= 0.6 is 0 Å². The highest BCUT2D eigenvalue weighted by Gasteiger charge is 2.37. The predicted molar refractivity (Wildman–Crippen MR) is 68.6 cm³/mol. The van der Waals surface area contributed by atoms with Crippen molar-refractivity contribution < 1.29 is 14.3 Å². The lowest BCUT2D eigenvalue weighted by Gasteiger charge is -2.19. The number of amides is 2. The Morgan fingerprint density at radius 1 is 1.16 bits per heavy atom. The molecule has 96 valence electrons. The second kappa shape index (κ2) is 4.58. The van der Waals surface area contributed by atoms with Gasteiger partial charge in [-0.05, 0) is 26.0 Å². The molecule has 1 aliphatic heterocycles. The third kappa shape index (κ3) is 1.78. The third-order valence-corrected chi connectivity index (χ3v) is 3.17. The van der Waals surface area contributed by atoms with Crippen molar-refractivity contribution in [2.45, 2.75) is 13.8 Å². The van der Waals surface area contributed by atoms with Crippen molar-refractivity contribution in [1.82, 2.24) is 0 Å². The van der Waals surface area contributed by atoms with E-state index >= 15 is 0 Å². The van der Waals surface area contributed by atoms with Crippen LogP contribution in [0.3, 0.4) is 0 Å². The summed E-state index contributed by atoms with van der Waals surface area (Å²) >= 11 is 0. The monoisotopic (exact) mass is 256 g/mol. The zero-order chi connectivity index (χ0) is 14.2. The first-order chi connectivity index (χ1) is 9.02. The van der Waals surface area contributed by atoms with Crippen LogP contribution in [0.25, 0.3) is 0 Å². The highest BCUT2D eigenvalue weighted by molar-refractivity contribution is 6.33. The van der Waals surface area contributed by atoms with E-state index in [0.29, 0.717) is 16.9 Å². The van der Waals surface area contributed by atoms with E-state index in [0.717, 1.165) is 4.90 Å². The van der Waals surface area contributed by atoms with Crippen molar-refractivity contribution in [2.75, 3.05) is 12.0 Å². The van der Waals surface area contributed by atoms with E-state index in [2.05, 4.69) is 0 Å². The normalized spacial score (nSPS) is 14.9. The van der Waals surface area contributed by atoms with Gasteiger partial charge >= 0.3 is 0 Å². The maximum Gasteiger partial charge on any atom is 0.261 e. The fraction of sp³-hybridized carbons (Fsp3) is 0.214. The van der Waals surface area contributed by atoms with Gasteiger partial charge in [0.1, 0.15) is 17.5 Å². The van der Waals surface area contributed by atoms with Crippen molar-refractivity contribution in [3.63, 3.8) is 0 Å². The van der Waals surface area contributed by atoms with Crippen LogP contribution in [0.15, 0.2) is 29.3 Å². The summed E-state index contributed by atoms with van der Waals surface area (Å²) in [6.07, 6.45) is 0. The number of nitriles is 1. The number of anilines is 1. The Balaban J connectivity index is 2.65. The Morgan fingerprint density at radius 3 is 2.21 bits per heavy atom.